The van der Waals surface area contributed by atoms with Crippen LogP contribution in [0.1, 0.15) is 55.2 Å². The Labute approximate surface area is 222 Å². The average Bonchev–Trinajstić information content (AvgIpc) is 3.50. The number of hydrogen-bond acceptors (Lipinski definition) is 6. The number of hydrazone groups is 1. The molecule has 6 aliphatic rings. The highest BCUT2D eigenvalue weighted by molar-refractivity contribution is 6.20. The zero-order valence-corrected chi connectivity index (χ0v) is 21.8. The van der Waals surface area contributed by atoms with Gasteiger partial charge in [-0.1, -0.05) is 18.6 Å². The summed E-state index contributed by atoms with van der Waals surface area (Å²) in [6, 6.07) is 3.70. The number of allylic oxidation sites excluding steroid dienone is 2. The molecule has 3 atom stereocenters. The highest BCUT2D eigenvalue weighted by Gasteiger charge is 2.39. The molecule has 0 radical (unpaired) electrons. The number of amides is 1. The van der Waals surface area contributed by atoms with E-state index in [0.717, 1.165) is 85.3 Å². The van der Waals surface area contributed by atoms with E-state index >= 15 is 0 Å². The van der Waals surface area contributed by atoms with Crippen molar-refractivity contribution >= 4 is 23.3 Å². The van der Waals surface area contributed by atoms with Crippen molar-refractivity contribution in [2.24, 2.45) is 5.10 Å². The van der Waals surface area contributed by atoms with Crippen LogP contribution in [-0.4, -0.2) is 82.8 Å². The number of likely N-dealkylation sites (N-methyl/N-ethyl adjacent to an activating group) is 1. The summed E-state index contributed by atoms with van der Waals surface area (Å²) in [5.74, 6) is -0.0982. The second-order valence-corrected chi connectivity index (χ2v) is 11.5. The van der Waals surface area contributed by atoms with Gasteiger partial charge in [-0.15, -0.1) is 0 Å². The van der Waals surface area contributed by atoms with Gasteiger partial charge < -0.3 is 14.9 Å². The number of nitrogens with zero attached hydrogens (tertiary/aromatic N) is 4. The molecule has 2 bridgehead atoms. The fourth-order valence-electron chi connectivity index (χ4n) is 7.32. The molecule has 0 saturated carbocycles. The first kappa shape index (κ1) is 23.9. The fraction of sp³-hybridized carbons (Fsp3) is 0.467. The minimum Gasteiger partial charge on any atom is -0.394 e. The number of fused-ring (bicyclic) bond motifs is 4. The summed E-state index contributed by atoms with van der Waals surface area (Å²) < 4.78 is 14.7. The van der Waals surface area contributed by atoms with E-state index in [0.29, 0.717) is 12.6 Å². The number of aliphatic hydroxyl groups is 1. The molecule has 2 unspecified atom stereocenters. The lowest BCUT2D eigenvalue weighted by Crippen LogP contribution is -2.54. The number of rotatable bonds is 4. The molecule has 198 valence electrons. The van der Waals surface area contributed by atoms with Gasteiger partial charge in [0.25, 0.3) is 0 Å². The van der Waals surface area contributed by atoms with Crippen molar-refractivity contribution in [1.29, 1.82) is 0 Å². The lowest BCUT2D eigenvalue weighted by atomic mass is 9.80. The number of carbonyl (C=O) groups is 1. The van der Waals surface area contributed by atoms with Crippen LogP contribution in [-0.2, 0) is 4.79 Å². The third-order valence-corrected chi connectivity index (χ3v) is 9.11. The lowest BCUT2D eigenvalue weighted by molar-refractivity contribution is -0.135. The Hall–Kier alpha value is -3.23. The van der Waals surface area contributed by atoms with Crippen molar-refractivity contribution in [3.63, 3.8) is 0 Å². The first-order chi connectivity index (χ1) is 18.5. The topological polar surface area (TPSA) is 71.4 Å². The molecule has 1 aliphatic carbocycles. The van der Waals surface area contributed by atoms with Gasteiger partial charge in [-0.3, -0.25) is 15.1 Å². The smallest absolute Gasteiger partial charge is 0.237 e. The molecule has 1 aromatic rings. The normalized spacial score (nSPS) is 27.9. The number of piperidine rings is 1. The van der Waals surface area contributed by atoms with Crippen molar-refractivity contribution < 1.29 is 14.3 Å². The van der Waals surface area contributed by atoms with Gasteiger partial charge in [0.05, 0.1) is 30.6 Å². The maximum atomic E-state index is 14.7. The van der Waals surface area contributed by atoms with Crippen molar-refractivity contribution in [3.05, 3.63) is 69.8 Å². The second-order valence-electron chi connectivity index (χ2n) is 11.5. The summed E-state index contributed by atoms with van der Waals surface area (Å²) in [5, 5.41) is 14.4. The van der Waals surface area contributed by atoms with Crippen LogP contribution >= 0.6 is 0 Å². The third kappa shape index (κ3) is 3.84. The fourth-order valence-corrected chi connectivity index (χ4v) is 7.32. The van der Waals surface area contributed by atoms with Crippen LogP contribution in [0.5, 0.6) is 0 Å². The Morgan fingerprint density at radius 2 is 2.11 bits per heavy atom. The number of likely N-dealkylation sites (tertiary alicyclic amines) is 1. The number of carbonyl (C=O) groups excluding carboxylic acids is 1. The molecule has 7 nitrogen and oxygen atoms in total. The molecule has 2 saturated heterocycles. The van der Waals surface area contributed by atoms with E-state index in [1.54, 1.807) is 12.1 Å². The van der Waals surface area contributed by atoms with Crippen LogP contribution in [0.25, 0.3) is 11.6 Å². The standard InChI is InChI=1S/C30H34FN5O2/c1-34-14-25(30-26(15-34)24-13-20(31)10-18-7-8-27(29(18)24)32-33-30)19-11-21-4-2-5-22(12-19)36(21)16-28(38)35-9-3-6-23(35)17-37/h7-8,10-11,13,15,21-23,33,37H,2-6,9,12,14,16-17H2,1H3/t21?,22?,23-/m0/s1. The Balaban J connectivity index is 1.23. The monoisotopic (exact) mass is 515 g/mol. The molecule has 2 fully saturated rings. The van der Waals surface area contributed by atoms with E-state index < -0.39 is 0 Å². The zero-order chi connectivity index (χ0) is 26.0. The number of aliphatic hydroxyl groups excluding tert-OH is 1. The minimum atomic E-state index is -0.241. The summed E-state index contributed by atoms with van der Waals surface area (Å²) in [7, 11) is 2.07. The average molecular weight is 516 g/mol. The third-order valence-electron chi connectivity index (χ3n) is 9.11. The van der Waals surface area contributed by atoms with Gasteiger partial charge >= 0.3 is 0 Å². The number of hydrogen-bond donors (Lipinski definition) is 2. The van der Waals surface area contributed by atoms with Crippen molar-refractivity contribution in [2.75, 3.05) is 33.3 Å². The van der Waals surface area contributed by atoms with E-state index in [1.807, 2.05) is 17.1 Å². The molecular weight excluding hydrogens is 481 g/mol. The van der Waals surface area contributed by atoms with Crippen molar-refractivity contribution in [3.8, 4) is 0 Å². The molecule has 5 aliphatic heterocycles. The molecule has 8 heteroatoms. The summed E-state index contributed by atoms with van der Waals surface area (Å²) in [6.45, 7) is 1.96. The molecule has 1 aromatic carbocycles. The summed E-state index contributed by atoms with van der Waals surface area (Å²) >= 11 is 0. The lowest BCUT2D eigenvalue weighted by Gasteiger charge is -2.46. The molecule has 5 heterocycles. The van der Waals surface area contributed by atoms with Crippen molar-refractivity contribution in [2.45, 2.75) is 56.7 Å². The first-order valence-corrected chi connectivity index (χ1v) is 13.9. The predicted molar refractivity (Wildman–Crippen MR) is 145 cm³/mol. The van der Waals surface area contributed by atoms with Crippen LogP contribution in [0, 0.1) is 5.82 Å². The van der Waals surface area contributed by atoms with Gasteiger partial charge in [0.15, 0.2) is 0 Å². The highest BCUT2D eigenvalue weighted by Crippen LogP contribution is 2.42. The van der Waals surface area contributed by atoms with Crippen LogP contribution in [0.4, 0.5) is 4.39 Å². The first-order valence-electron chi connectivity index (χ1n) is 13.9. The van der Waals surface area contributed by atoms with Crippen LogP contribution < -0.4 is 5.43 Å². The molecule has 38 heavy (non-hydrogen) atoms. The molecule has 2 N–H and O–H groups in total. The van der Waals surface area contributed by atoms with Gasteiger partial charge in [-0.05, 0) is 67.0 Å². The van der Waals surface area contributed by atoms with E-state index in [9.17, 15) is 14.3 Å². The number of benzene rings is 1. The maximum absolute atomic E-state index is 14.7. The SMILES string of the molecule is CN1C=C2C(=C(C3=CC4CCCC(C3)N4CC(=O)N3CCC[C@H]3CO)C1)NN=C1C=Cc3cc(F)cc2c31. The Kier molecular flexibility index (Phi) is 5.78. The van der Waals surface area contributed by atoms with E-state index in [4.69, 9.17) is 5.10 Å². The molecule has 0 spiro atoms. The van der Waals surface area contributed by atoms with Crippen LogP contribution in [0.2, 0.25) is 0 Å². The summed E-state index contributed by atoms with van der Waals surface area (Å²) in [5.41, 5.74) is 11.4. The van der Waals surface area contributed by atoms with Gasteiger partial charge in [0, 0.05) is 55.1 Å². The van der Waals surface area contributed by atoms with Gasteiger partial charge in [0.1, 0.15) is 5.82 Å². The maximum Gasteiger partial charge on any atom is 0.237 e. The number of halogens is 1. The molecule has 7 rings (SSSR count). The minimum absolute atomic E-state index is 0.0325. The van der Waals surface area contributed by atoms with Gasteiger partial charge in [-0.25, -0.2) is 4.39 Å². The van der Waals surface area contributed by atoms with E-state index in [-0.39, 0.29) is 30.4 Å². The summed E-state index contributed by atoms with van der Waals surface area (Å²) in [6.07, 6.45) is 14.4. The van der Waals surface area contributed by atoms with Crippen LogP contribution in [0.15, 0.2) is 52.4 Å². The Morgan fingerprint density at radius 1 is 1.21 bits per heavy atom. The Bertz CT molecular complexity index is 1360. The van der Waals surface area contributed by atoms with Crippen molar-refractivity contribution in [1.82, 2.24) is 20.1 Å². The zero-order valence-electron chi connectivity index (χ0n) is 21.8. The molecule has 1 amide bonds. The predicted octanol–water partition coefficient (Wildman–Crippen LogP) is 3.24. The van der Waals surface area contributed by atoms with Gasteiger partial charge in [-0.2, -0.15) is 5.10 Å². The van der Waals surface area contributed by atoms with Gasteiger partial charge in [0.2, 0.25) is 5.91 Å². The second kappa shape index (κ2) is 9.20. The quantitative estimate of drug-likeness (QED) is 0.645. The summed E-state index contributed by atoms with van der Waals surface area (Å²) in [4.78, 5) is 19.7. The number of nitrogens with one attached hydrogen (secondary N) is 1. The largest absolute Gasteiger partial charge is 0.394 e. The van der Waals surface area contributed by atoms with E-state index in [1.165, 1.54) is 11.1 Å². The Morgan fingerprint density at radius 3 is 2.95 bits per heavy atom. The molecular formula is C30H34FN5O2. The highest BCUT2D eigenvalue weighted by atomic mass is 19.1. The molecule has 0 aromatic heterocycles. The van der Waals surface area contributed by atoms with E-state index in [2.05, 4.69) is 34.5 Å². The van der Waals surface area contributed by atoms with Crippen LogP contribution in [0.3, 0.4) is 0 Å².